The Labute approximate surface area is 202 Å². The molecule has 1 fully saturated rings. The molecule has 2 aliphatic heterocycles. The number of nitriles is 1. The molecular weight excluding hydrogens is 458 g/mol. The van der Waals surface area contributed by atoms with Crippen molar-refractivity contribution in [3.05, 3.63) is 64.7 Å². The minimum Gasteiger partial charge on any atom is -0.497 e. The number of rotatable bonds is 3. The minimum absolute atomic E-state index is 0.172. The standard InChI is InChI=1S/C25H24ClN3O5/c1-32-17-5-6-18-22(14-17)34-11-3-2-10-33-21-7-4-16(12-19(21)26)13-20(28-23(18)30)24(31)29-25(15-27)8-9-25/h2-7,12,14,20H,8-11,13H2,1H3,(H,28,30)(H,29,31)/b3-2+/t20-/m0/s1. The highest BCUT2D eigenvalue weighted by atomic mass is 35.5. The van der Waals surface area contributed by atoms with Gasteiger partial charge in [0.2, 0.25) is 5.91 Å². The van der Waals surface area contributed by atoms with Crippen LogP contribution in [0.2, 0.25) is 5.02 Å². The van der Waals surface area contributed by atoms with Crippen LogP contribution in [0, 0.1) is 11.3 Å². The third-order valence-electron chi connectivity index (χ3n) is 5.65. The van der Waals surface area contributed by atoms with Crippen molar-refractivity contribution in [2.75, 3.05) is 20.3 Å². The van der Waals surface area contributed by atoms with Gasteiger partial charge in [0.25, 0.3) is 5.91 Å². The summed E-state index contributed by atoms with van der Waals surface area (Å²) in [6.07, 6.45) is 4.89. The maximum atomic E-state index is 13.2. The van der Waals surface area contributed by atoms with E-state index in [-0.39, 0.29) is 25.2 Å². The van der Waals surface area contributed by atoms with Gasteiger partial charge in [-0.1, -0.05) is 17.7 Å². The molecule has 2 heterocycles. The van der Waals surface area contributed by atoms with Crippen molar-refractivity contribution in [3.8, 4) is 23.3 Å². The van der Waals surface area contributed by atoms with Crippen LogP contribution in [0.1, 0.15) is 28.8 Å². The maximum absolute atomic E-state index is 13.2. The molecule has 3 aliphatic rings. The lowest BCUT2D eigenvalue weighted by Gasteiger charge is -2.21. The topological polar surface area (TPSA) is 110 Å². The Morgan fingerprint density at radius 1 is 1.18 bits per heavy atom. The average molecular weight is 482 g/mol. The zero-order valence-electron chi connectivity index (χ0n) is 18.6. The fourth-order valence-electron chi connectivity index (χ4n) is 3.53. The molecular formula is C25H24ClN3O5. The Kier molecular flexibility index (Phi) is 6.94. The van der Waals surface area contributed by atoms with Crippen molar-refractivity contribution in [1.82, 2.24) is 10.6 Å². The molecule has 1 saturated carbocycles. The molecule has 2 aromatic carbocycles. The van der Waals surface area contributed by atoms with E-state index in [0.29, 0.717) is 35.1 Å². The summed E-state index contributed by atoms with van der Waals surface area (Å²) in [7, 11) is 1.52. The van der Waals surface area contributed by atoms with E-state index in [1.165, 1.54) is 7.11 Å². The van der Waals surface area contributed by atoms with Crippen molar-refractivity contribution in [3.63, 3.8) is 0 Å². The predicted octanol–water partition coefficient (Wildman–Crippen LogP) is 3.19. The number of amides is 2. The van der Waals surface area contributed by atoms with Crippen molar-refractivity contribution >= 4 is 23.4 Å². The Hall–Kier alpha value is -3.70. The number of hydrogen-bond donors (Lipinski definition) is 2. The molecule has 2 bridgehead atoms. The highest BCUT2D eigenvalue weighted by Gasteiger charge is 2.45. The summed E-state index contributed by atoms with van der Waals surface area (Å²) >= 11 is 6.37. The number of nitrogens with zero attached hydrogens (tertiary/aromatic N) is 1. The highest BCUT2D eigenvalue weighted by Crippen LogP contribution is 2.34. The van der Waals surface area contributed by atoms with Crippen molar-refractivity contribution in [2.45, 2.75) is 30.8 Å². The SMILES string of the molecule is COc1ccc2c(c1)OC/C=C/COc1ccc(cc1Cl)C[C@@H](C(=O)NC1(C#N)CC1)NC2=O. The number of carbonyl (C=O) groups is 2. The van der Waals surface area contributed by atoms with Gasteiger partial charge in [0.1, 0.15) is 42.0 Å². The third-order valence-corrected chi connectivity index (χ3v) is 5.95. The van der Waals surface area contributed by atoms with Crippen molar-refractivity contribution in [2.24, 2.45) is 0 Å². The summed E-state index contributed by atoms with van der Waals surface area (Å²) in [5.41, 5.74) is 0.117. The molecule has 0 saturated heterocycles. The molecule has 9 heteroatoms. The number of carbonyl (C=O) groups excluding carboxylic acids is 2. The van der Waals surface area contributed by atoms with Crippen molar-refractivity contribution in [1.29, 1.82) is 5.26 Å². The highest BCUT2D eigenvalue weighted by molar-refractivity contribution is 6.32. The van der Waals surface area contributed by atoms with E-state index >= 15 is 0 Å². The molecule has 0 aromatic heterocycles. The second-order valence-electron chi connectivity index (χ2n) is 8.13. The molecule has 0 spiro atoms. The molecule has 8 nitrogen and oxygen atoms in total. The van der Waals surface area contributed by atoms with E-state index in [1.807, 2.05) is 0 Å². The van der Waals surface area contributed by atoms with Crippen LogP contribution in [0.15, 0.2) is 48.6 Å². The lowest BCUT2D eigenvalue weighted by atomic mass is 10.0. The Morgan fingerprint density at radius 3 is 2.56 bits per heavy atom. The van der Waals surface area contributed by atoms with Crippen LogP contribution in [-0.2, 0) is 11.2 Å². The predicted molar refractivity (Wildman–Crippen MR) is 125 cm³/mol. The fraction of sp³-hybridized carbons (Fsp3) is 0.320. The number of ether oxygens (including phenoxy) is 3. The average Bonchev–Trinajstić information content (AvgIpc) is 3.60. The van der Waals surface area contributed by atoms with E-state index in [9.17, 15) is 14.9 Å². The van der Waals surface area contributed by atoms with Gasteiger partial charge >= 0.3 is 0 Å². The molecule has 1 aliphatic carbocycles. The summed E-state index contributed by atoms with van der Waals surface area (Å²) in [6.45, 7) is 0.479. The van der Waals surface area contributed by atoms with Gasteiger partial charge in [-0.15, -0.1) is 0 Å². The molecule has 1 atom stereocenters. The summed E-state index contributed by atoms with van der Waals surface area (Å²) in [6, 6.07) is 11.3. The van der Waals surface area contributed by atoms with E-state index in [4.69, 9.17) is 25.8 Å². The lowest BCUT2D eigenvalue weighted by molar-refractivity contribution is -0.123. The minimum atomic E-state index is -0.941. The van der Waals surface area contributed by atoms with Crippen LogP contribution in [0.5, 0.6) is 17.2 Å². The van der Waals surface area contributed by atoms with Gasteiger partial charge in [-0.2, -0.15) is 5.26 Å². The molecule has 2 aromatic rings. The van der Waals surface area contributed by atoms with Crippen molar-refractivity contribution < 1.29 is 23.8 Å². The second-order valence-corrected chi connectivity index (χ2v) is 8.54. The Morgan fingerprint density at radius 2 is 1.91 bits per heavy atom. The number of methoxy groups -OCH3 is 1. The van der Waals surface area contributed by atoms with E-state index in [0.717, 1.165) is 5.56 Å². The molecule has 2 amide bonds. The first kappa shape index (κ1) is 23.5. The van der Waals surface area contributed by atoms with E-state index in [2.05, 4.69) is 16.7 Å². The summed E-state index contributed by atoms with van der Waals surface area (Å²) in [5.74, 6) is 0.424. The summed E-state index contributed by atoms with van der Waals surface area (Å²) in [5, 5.41) is 15.4. The lowest BCUT2D eigenvalue weighted by Crippen LogP contribution is -2.51. The monoisotopic (exact) mass is 481 g/mol. The number of nitrogens with one attached hydrogen (secondary N) is 2. The fourth-order valence-corrected chi connectivity index (χ4v) is 3.79. The van der Waals surface area contributed by atoms with Gasteiger partial charge in [-0.3, -0.25) is 9.59 Å². The van der Waals surface area contributed by atoms with Gasteiger partial charge in [0.15, 0.2) is 0 Å². The smallest absolute Gasteiger partial charge is 0.255 e. The van der Waals surface area contributed by atoms with Gasteiger partial charge in [0, 0.05) is 12.5 Å². The first-order chi connectivity index (χ1) is 16.4. The van der Waals surface area contributed by atoms with Gasteiger partial charge in [0.05, 0.1) is 23.8 Å². The van der Waals surface area contributed by atoms with E-state index in [1.54, 1.807) is 48.6 Å². The quantitative estimate of drug-likeness (QED) is 0.651. The van der Waals surface area contributed by atoms with Gasteiger partial charge in [-0.25, -0.2) is 0 Å². The first-order valence-corrected chi connectivity index (χ1v) is 11.2. The molecule has 34 heavy (non-hydrogen) atoms. The number of halogens is 1. The van der Waals surface area contributed by atoms with Gasteiger partial charge in [-0.05, 0) is 54.8 Å². The number of hydrogen-bond acceptors (Lipinski definition) is 6. The van der Waals surface area contributed by atoms with E-state index < -0.39 is 23.4 Å². The van der Waals surface area contributed by atoms with Crippen LogP contribution in [-0.4, -0.2) is 43.7 Å². The van der Waals surface area contributed by atoms with Gasteiger partial charge < -0.3 is 24.8 Å². The Bertz CT molecular complexity index is 1170. The normalized spacial score (nSPS) is 19.9. The third kappa shape index (κ3) is 5.43. The van der Waals surface area contributed by atoms with Crippen LogP contribution < -0.4 is 24.8 Å². The maximum Gasteiger partial charge on any atom is 0.255 e. The molecule has 5 rings (SSSR count). The van der Waals surface area contributed by atoms with Crippen LogP contribution >= 0.6 is 11.6 Å². The Balaban J connectivity index is 1.67. The first-order valence-electron chi connectivity index (χ1n) is 10.8. The number of benzene rings is 2. The largest absolute Gasteiger partial charge is 0.497 e. The molecule has 0 unspecified atom stereocenters. The zero-order chi connectivity index (χ0) is 24.1. The summed E-state index contributed by atoms with van der Waals surface area (Å²) in [4.78, 5) is 26.4. The second kappa shape index (κ2) is 10.1. The van der Waals surface area contributed by atoms with Crippen LogP contribution in [0.25, 0.3) is 0 Å². The summed E-state index contributed by atoms with van der Waals surface area (Å²) < 4.78 is 16.7. The molecule has 0 radical (unpaired) electrons. The van der Waals surface area contributed by atoms with Crippen LogP contribution in [0.3, 0.4) is 0 Å². The van der Waals surface area contributed by atoms with Crippen LogP contribution in [0.4, 0.5) is 0 Å². The number of fused-ring (bicyclic) bond motifs is 9. The molecule has 176 valence electrons. The zero-order valence-corrected chi connectivity index (χ0v) is 19.4. The molecule has 2 N–H and O–H groups in total.